The van der Waals surface area contributed by atoms with Gasteiger partial charge >= 0.3 is 0 Å². The highest BCUT2D eigenvalue weighted by Gasteiger charge is 2.26. The van der Waals surface area contributed by atoms with Crippen molar-refractivity contribution in [3.05, 3.63) is 23.3 Å². The second-order valence-corrected chi connectivity index (χ2v) is 4.08. The third kappa shape index (κ3) is 1.56. The van der Waals surface area contributed by atoms with Gasteiger partial charge in [0, 0.05) is 5.03 Å². The number of hydrogen-bond acceptors (Lipinski definition) is 0. The van der Waals surface area contributed by atoms with Crippen LogP contribution in [0.25, 0.3) is 0 Å². The summed E-state index contributed by atoms with van der Waals surface area (Å²) in [6.07, 6.45) is 5.78. The Morgan fingerprint density at radius 3 is 2.60 bits per heavy atom. The maximum absolute atomic E-state index is 6.11. The normalized spacial score (nSPS) is 39.6. The molecule has 1 aliphatic rings. The van der Waals surface area contributed by atoms with Crippen LogP contribution in [0.4, 0.5) is 0 Å². The van der Waals surface area contributed by atoms with Gasteiger partial charge < -0.3 is 0 Å². The zero-order valence-electron chi connectivity index (χ0n) is 6.07. The predicted molar refractivity (Wildman–Crippen MR) is 46.5 cm³/mol. The van der Waals surface area contributed by atoms with Crippen molar-refractivity contribution in [2.45, 2.75) is 18.7 Å². The Morgan fingerprint density at radius 2 is 2.20 bits per heavy atom. The molecule has 0 spiro atoms. The SMILES string of the molecule is CC1C=CC(Cl)=CC1(C)Cl. The van der Waals surface area contributed by atoms with Crippen LogP contribution in [0, 0.1) is 5.92 Å². The van der Waals surface area contributed by atoms with Gasteiger partial charge in [-0.15, -0.1) is 11.6 Å². The lowest BCUT2D eigenvalue weighted by Crippen LogP contribution is -2.23. The Labute approximate surface area is 71.5 Å². The van der Waals surface area contributed by atoms with Crippen molar-refractivity contribution in [2.24, 2.45) is 5.92 Å². The lowest BCUT2D eigenvalue weighted by molar-refractivity contribution is 0.588. The monoisotopic (exact) mass is 176 g/mol. The summed E-state index contributed by atoms with van der Waals surface area (Å²) < 4.78 is 0. The van der Waals surface area contributed by atoms with Crippen molar-refractivity contribution < 1.29 is 0 Å². The smallest absolute Gasteiger partial charge is 0.0674 e. The second kappa shape index (κ2) is 2.60. The molecule has 2 atom stereocenters. The van der Waals surface area contributed by atoms with E-state index in [4.69, 9.17) is 23.2 Å². The molecule has 0 saturated heterocycles. The van der Waals surface area contributed by atoms with Gasteiger partial charge in [-0.05, 0) is 25.0 Å². The van der Waals surface area contributed by atoms with Crippen LogP contribution in [0.15, 0.2) is 23.3 Å². The van der Waals surface area contributed by atoms with Crippen molar-refractivity contribution in [1.29, 1.82) is 0 Å². The number of hydrogen-bond donors (Lipinski definition) is 0. The van der Waals surface area contributed by atoms with E-state index < -0.39 is 0 Å². The number of allylic oxidation sites excluding steroid dienone is 4. The molecule has 56 valence electrons. The largest absolute Gasteiger partial charge is 0.114 e. The summed E-state index contributed by atoms with van der Waals surface area (Å²) in [6, 6.07) is 0. The van der Waals surface area contributed by atoms with Crippen LogP contribution < -0.4 is 0 Å². The van der Waals surface area contributed by atoms with Gasteiger partial charge in [-0.1, -0.05) is 24.6 Å². The van der Waals surface area contributed by atoms with Crippen molar-refractivity contribution in [2.75, 3.05) is 0 Å². The van der Waals surface area contributed by atoms with Crippen LogP contribution in [0.5, 0.6) is 0 Å². The van der Waals surface area contributed by atoms with Crippen LogP contribution in [0.1, 0.15) is 13.8 Å². The molecular formula is C8H10Cl2. The molecule has 0 N–H and O–H groups in total. The molecule has 0 radical (unpaired) electrons. The van der Waals surface area contributed by atoms with E-state index in [1.165, 1.54) is 0 Å². The molecule has 0 fully saturated rings. The first kappa shape index (κ1) is 8.16. The predicted octanol–water partition coefficient (Wildman–Crippen LogP) is 3.31. The fraction of sp³-hybridized carbons (Fsp3) is 0.500. The lowest BCUT2D eigenvalue weighted by Gasteiger charge is -2.26. The van der Waals surface area contributed by atoms with Crippen molar-refractivity contribution in [1.82, 2.24) is 0 Å². The summed E-state index contributed by atoms with van der Waals surface area (Å²) in [4.78, 5) is -0.300. The van der Waals surface area contributed by atoms with Gasteiger partial charge in [0.2, 0.25) is 0 Å². The van der Waals surface area contributed by atoms with E-state index in [0.717, 1.165) is 5.03 Å². The minimum Gasteiger partial charge on any atom is -0.114 e. The number of halogens is 2. The van der Waals surface area contributed by atoms with E-state index in [-0.39, 0.29) is 4.87 Å². The van der Waals surface area contributed by atoms with Gasteiger partial charge in [0.05, 0.1) is 4.87 Å². The fourth-order valence-electron chi connectivity index (χ4n) is 0.874. The summed E-state index contributed by atoms with van der Waals surface area (Å²) in [5, 5.41) is 0.732. The molecule has 0 nitrogen and oxygen atoms in total. The first-order valence-electron chi connectivity index (χ1n) is 3.28. The van der Waals surface area contributed by atoms with Gasteiger partial charge in [0.15, 0.2) is 0 Å². The average Bonchev–Trinajstić information content (AvgIpc) is 1.78. The van der Waals surface area contributed by atoms with Gasteiger partial charge in [-0.3, -0.25) is 0 Å². The zero-order chi connectivity index (χ0) is 7.78. The van der Waals surface area contributed by atoms with Crippen molar-refractivity contribution in [3.63, 3.8) is 0 Å². The topological polar surface area (TPSA) is 0 Å². The van der Waals surface area contributed by atoms with Crippen LogP contribution in [-0.2, 0) is 0 Å². The van der Waals surface area contributed by atoms with E-state index >= 15 is 0 Å². The van der Waals surface area contributed by atoms with E-state index in [9.17, 15) is 0 Å². The third-order valence-electron chi connectivity index (χ3n) is 1.85. The molecule has 10 heavy (non-hydrogen) atoms. The zero-order valence-corrected chi connectivity index (χ0v) is 7.58. The van der Waals surface area contributed by atoms with Crippen LogP contribution in [0.3, 0.4) is 0 Å². The molecule has 2 unspecified atom stereocenters. The Balaban J connectivity index is 2.88. The highest BCUT2D eigenvalue weighted by Crippen LogP contribution is 2.33. The quantitative estimate of drug-likeness (QED) is 0.498. The second-order valence-electron chi connectivity index (χ2n) is 2.83. The molecule has 1 rings (SSSR count). The number of rotatable bonds is 0. The lowest BCUT2D eigenvalue weighted by atomic mass is 9.91. The maximum atomic E-state index is 6.11. The summed E-state index contributed by atoms with van der Waals surface area (Å²) in [5.74, 6) is 0.358. The summed E-state index contributed by atoms with van der Waals surface area (Å²) >= 11 is 11.9. The maximum Gasteiger partial charge on any atom is 0.0674 e. The first-order chi connectivity index (χ1) is 4.52. The minimum absolute atomic E-state index is 0.300. The highest BCUT2D eigenvalue weighted by molar-refractivity contribution is 6.33. The molecule has 2 heteroatoms. The molecule has 1 aliphatic carbocycles. The van der Waals surface area contributed by atoms with Crippen molar-refractivity contribution >= 4 is 23.2 Å². The highest BCUT2D eigenvalue weighted by atomic mass is 35.5. The van der Waals surface area contributed by atoms with E-state index in [0.29, 0.717) is 5.92 Å². The van der Waals surface area contributed by atoms with Gasteiger partial charge in [0.25, 0.3) is 0 Å². The Hall–Kier alpha value is 0.0600. The van der Waals surface area contributed by atoms with Gasteiger partial charge in [-0.2, -0.15) is 0 Å². The van der Waals surface area contributed by atoms with Gasteiger partial charge in [0.1, 0.15) is 0 Å². The van der Waals surface area contributed by atoms with Gasteiger partial charge in [-0.25, -0.2) is 0 Å². The molecule has 0 heterocycles. The van der Waals surface area contributed by atoms with E-state index in [1.54, 1.807) is 0 Å². The molecule has 0 amide bonds. The third-order valence-corrected chi connectivity index (χ3v) is 2.54. The Bertz CT molecular complexity index is 189. The van der Waals surface area contributed by atoms with Crippen LogP contribution in [0.2, 0.25) is 0 Å². The summed E-state index contributed by atoms with van der Waals surface area (Å²) in [5.41, 5.74) is 0. The summed E-state index contributed by atoms with van der Waals surface area (Å²) in [6.45, 7) is 4.04. The minimum atomic E-state index is -0.300. The average molecular weight is 177 g/mol. The fourth-order valence-corrected chi connectivity index (χ4v) is 1.42. The Kier molecular flexibility index (Phi) is 2.12. The van der Waals surface area contributed by atoms with E-state index in [2.05, 4.69) is 6.92 Å². The van der Waals surface area contributed by atoms with Crippen LogP contribution >= 0.6 is 23.2 Å². The first-order valence-corrected chi connectivity index (χ1v) is 4.03. The van der Waals surface area contributed by atoms with Crippen LogP contribution in [-0.4, -0.2) is 4.87 Å². The standard InChI is InChI=1S/C8H10Cl2/c1-6-3-4-7(9)5-8(6,2)10/h3-6H,1-2H3. The molecule has 0 aromatic heterocycles. The Morgan fingerprint density at radius 1 is 1.60 bits per heavy atom. The van der Waals surface area contributed by atoms with Crippen molar-refractivity contribution in [3.8, 4) is 0 Å². The molecule has 0 aliphatic heterocycles. The molecule has 0 saturated carbocycles. The molecular weight excluding hydrogens is 167 g/mol. The molecule has 0 bridgehead atoms. The molecule has 0 aromatic rings. The number of alkyl halides is 1. The summed E-state index contributed by atoms with van der Waals surface area (Å²) in [7, 11) is 0. The molecule has 0 aromatic carbocycles. The van der Waals surface area contributed by atoms with E-state index in [1.807, 2.05) is 25.2 Å².